The van der Waals surface area contributed by atoms with Gasteiger partial charge >= 0.3 is 5.82 Å². The lowest BCUT2D eigenvalue weighted by atomic mass is 10.4. The molecule has 3 nitrogen and oxygen atoms in total. The highest BCUT2D eigenvalue weighted by molar-refractivity contribution is 5.38. The van der Waals surface area contributed by atoms with Crippen LogP contribution in [0.3, 0.4) is 0 Å². The van der Waals surface area contributed by atoms with Crippen molar-refractivity contribution in [1.29, 1.82) is 0 Å². The van der Waals surface area contributed by atoms with Gasteiger partial charge in [-0.15, -0.1) is 0 Å². The molecule has 0 atom stereocenters. The van der Waals surface area contributed by atoms with Crippen molar-refractivity contribution in [2.75, 3.05) is 0 Å². The second-order valence-electron chi connectivity index (χ2n) is 1.49. The fraction of sp³-hybridized carbons (Fsp3) is 0.167. The smallest absolute Gasteiger partial charge is 0.399 e. The monoisotopic (exact) mass is 126 g/mol. The molecule has 0 N–H and O–H groups in total. The number of hydrogen-bond acceptors (Lipinski definition) is 3. The third-order valence-corrected chi connectivity index (χ3v) is 0.803. The summed E-state index contributed by atoms with van der Waals surface area (Å²) in [6, 6.07) is 0. The predicted octanol–water partition coefficient (Wildman–Crippen LogP) is 1.27. The van der Waals surface area contributed by atoms with E-state index in [0.29, 0.717) is 5.76 Å². The lowest BCUT2D eigenvalue weighted by Gasteiger charge is -1.71. The molecule has 0 saturated carbocycles. The molecule has 0 unspecified atom stereocenters. The second kappa shape index (κ2) is 2.35. The predicted molar refractivity (Wildman–Crippen MR) is 32.0 cm³/mol. The Morgan fingerprint density at radius 1 is 1.67 bits per heavy atom. The molecule has 0 saturated heterocycles. The first-order chi connectivity index (χ1) is 4.33. The van der Waals surface area contributed by atoms with Crippen LogP contribution in [0, 0.1) is 0 Å². The van der Waals surface area contributed by atoms with E-state index in [2.05, 4.69) is 8.83 Å². The van der Waals surface area contributed by atoms with Gasteiger partial charge in [0.15, 0.2) is 5.76 Å². The zero-order chi connectivity index (χ0) is 6.69. The number of hydrogen-bond donors (Lipinski definition) is 0. The van der Waals surface area contributed by atoms with Crippen LogP contribution in [0.5, 0.6) is 0 Å². The summed E-state index contributed by atoms with van der Waals surface area (Å²) in [4.78, 5) is 10.2. The van der Waals surface area contributed by atoms with E-state index in [9.17, 15) is 4.79 Å². The second-order valence-corrected chi connectivity index (χ2v) is 1.49. The van der Waals surface area contributed by atoms with Crippen molar-refractivity contribution in [2.24, 2.45) is 0 Å². The lowest BCUT2D eigenvalue weighted by molar-refractivity contribution is 0.383. The fourth-order valence-electron chi connectivity index (χ4n) is 0.488. The summed E-state index contributed by atoms with van der Waals surface area (Å²) in [7, 11) is 0. The van der Waals surface area contributed by atoms with E-state index in [1.54, 1.807) is 12.2 Å². The van der Waals surface area contributed by atoms with Gasteiger partial charge in [0.2, 0.25) is 0 Å². The molecular formula is C6H6O3. The van der Waals surface area contributed by atoms with Crippen LogP contribution in [0.15, 0.2) is 26.0 Å². The van der Waals surface area contributed by atoms with Crippen molar-refractivity contribution in [1.82, 2.24) is 0 Å². The highest BCUT2D eigenvalue weighted by Crippen LogP contribution is 1.96. The van der Waals surface area contributed by atoms with E-state index in [1.165, 1.54) is 6.26 Å². The van der Waals surface area contributed by atoms with E-state index in [-0.39, 0.29) is 0 Å². The number of allylic oxidation sites excluding steroid dienone is 1. The molecule has 3 heteroatoms. The van der Waals surface area contributed by atoms with Crippen LogP contribution < -0.4 is 5.82 Å². The maximum Gasteiger partial charge on any atom is 0.519 e. The first-order valence-corrected chi connectivity index (χ1v) is 2.54. The van der Waals surface area contributed by atoms with Crippen LogP contribution in [-0.2, 0) is 0 Å². The topological polar surface area (TPSA) is 43.4 Å². The van der Waals surface area contributed by atoms with Crippen molar-refractivity contribution in [3.8, 4) is 0 Å². The molecule has 1 aromatic heterocycles. The summed E-state index contributed by atoms with van der Waals surface area (Å²) in [5.74, 6) is -0.217. The Balaban J connectivity index is 2.98. The van der Waals surface area contributed by atoms with E-state index in [4.69, 9.17) is 0 Å². The highest BCUT2D eigenvalue weighted by Gasteiger charge is 1.92. The zero-order valence-corrected chi connectivity index (χ0v) is 4.96. The van der Waals surface area contributed by atoms with Gasteiger partial charge < -0.3 is 8.83 Å². The third-order valence-electron chi connectivity index (χ3n) is 0.803. The van der Waals surface area contributed by atoms with Crippen molar-refractivity contribution in [3.63, 3.8) is 0 Å². The van der Waals surface area contributed by atoms with Crippen molar-refractivity contribution < 1.29 is 8.83 Å². The third kappa shape index (κ3) is 1.32. The first kappa shape index (κ1) is 5.88. The molecule has 0 spiro atoms. The van der Waals surface area contributed by atoms with Crippen LogP contribution in [0.1, 0.15) is 12.7 Å². The minimum atomic E-state index is -0.664. The quantitative estimate of drug-likeness (QED) is 0.569. The molecule has 0 radical (unpaired) electrons. The van der Waals surface area contributed by atoms with Gasteiger partial charge in [-0.2, -0.15) is 0 Å². The molecule has 48 valence electrons. The lowest BCUT2D eigenvalue weighted by Crippen LogP contribution is -1.84. The summed E-state index contributed by atoms with van der Waals surface area (Å²) in [6.45, 7) is 1.83. The van der Waals surface area contributed by atoms with E-state index < -0.39 is 5.82 Å². The summed E-state index contributed by atoms with van der Waals surface area (Å²) < 4.78 is 8.86. The zero-order valence-electron chi connectivity index (χ0n) is 4.96. The average Bonchev–Trinajstić information content (AvgIpc) is 2.17. The molecule has 1 rings (SSSR count). The largest absolute Gasteiger partial charge is 0.519 e. The maximum absolute atomic E-state index is 10.2. The Morgan fingerprint density at radius 2 is 2.44 bits per heavy atom. The maximum atomic E-state index is 10.2. The van der Waals surface area contributed by atoms with Gasteiger partial charge in [-0.3, -0.25) is 0 Å². The van der Waals surface area contributed by atoms with Gasteiger partial charge in [0.1, 0.15) is 6.26 Å². The minimum Gasteiger partial charge on any atom is -0.399 e. The average molecular weight is 126 g/mol. The van der Waals surface area contributed by atoms with Crippen LogP contribution >= 0.6 is 0 Å². The standard InChI is InChI=1S/C6H6O3/c1-2-3-5-4-8-6(7)9-5/h2-4H,1H3/b3-2-. The molecule has 0 fully saturated rings. The van der Waals surface area contributed by atoms with Gasteiger partial charge in [0.25, 0.3) is 0 Å². The molecule has 1 aromatic rings. The van der Waals surface area contributed by atoms with Gasteiger partial charge in [-0.1, -0.05) is 6.08 Å². The van der Waals surface area contributed by atoms with Gasteiger partial charge in [0, 0.05) is 0 Å². The summed E-state index contributed by atoms with van der Waals surface area (Å²) >= 11 is 0. The highest BCUT2D eigenvalue weighted by atomic mass is 16.6. The Morgan fingerprint density at radius 3 is 2.89 bits per heavy atom. The molecule has 0 bridgehead atoms. The van der Waals surface area contributed by atoms with Crippen molar-refractivity contribution in [3.05, 3.63) is 28.7 Å². The van der Waals surface area contributed by atoms with Crippen LogP contribution in [0.2, 0.25) is 0 Å². The summed E-state index contributed by atoms with van der Waals surface area (Å²) in [5, 5.41) is 0. The molecular weight excluding hydrogens is 120 g/mol. The molecule has 1 heterocycles. The van der Waals surface area contributed by atoms with Gasteiger partial charge in [0.05, 0.1) is 0 Å². The molecule has 0 aliphatic heterocycles. The Hall–Kier alpha value is -1.25. The Labute approximate surface area is 51.6 Å². The van der Waals surface area contributed by atoms with Gasteiger partial charge in [-0.25, -0.2) is 4.79 Å². The van der Waals surface area contributed by atoms with Crippen molar-refractivity contribution in [2.45, 2.75) is 6.92 Å². The van der Waals surface area contributed by atoms with E-state index in [0.717, 1.165) is 0 Å². The van der Waals surface area contributed by atoms with Crippen molar-refractivity contribution >= 4 is 6.08 Å². The summed E-state index contributed by atoms with van der Waals surface area (Å²) in [5.41, 5.74) is 0. The molecule has 9 heavy (non-hydrogen) atoms. The van der Waals surface area contributed by atoms with Crippen LogP contribution in [-0.4, -0.2) is 0 Å². The van der Waals surface area contributed by atoms with Crippen LogP contribution in [0.4, 0.5) is 0 Å². The molecule has 0 aliphatic rings. The minimum absolute atomic E-state index is 0.447. The van der Waals surface area contributed by atoms with E-state index in [1.807, 2.05) is 6.92 Å². The molecule has 0 amide bonds. The first-order valence-electron chi connectivity index (χ1n) is 2.54. The molecule has 0 aromatic carbocycles. The Bertz CT molecular complexity index is 253. The van der Waals surface area contributed by atoms with Crippen LogP contribution in [0.25, 0.3) is 6.08 Å². The normalized spacial score (nSPS) is 10.8. The molecule has 0 aliphatic carbocycles. The Kier molecular flexibility index (Phi) is 1.53. The van der Waals surface area contributed by atoms with E-state index >= 15 is 0 Å². The SMILES string of the molecule is C/C=C\c1coc(=O)o1. The number of rotatable bonds is 1. The summed E-state index contributed by atoms with van der Waals surface area (Å²) in [6.07, 6.45) is 4.67. The van der Waals surface area contributed by atoms with Gasteiger partial charge in [-0.05, 0) is 13.0 Å². The fourth-order valence-corrected chi connectivity index (χ4v) is 0.488.